The van der Waals surface area contributed by atoms with Crippen molar-refractivity contribution in [1.82, 2.24) is 0 Å². The van der Waals surface area contributed by atoms with Crippen LogP contribution in [0.2, 0.25) is 0 Å². The van der Waals surface area contributed by atoms with E-state index in [0.29, 0.717) is 12.0 Å². The van der Waals surface area contributed by atoms with Gasteiger partial charge in [-0.2, -0.15) is 0 Å². The molecule has 0 aliphatic heterocycles. The molecule has 0 saturated heterocycles. The third kappa shape index (κ3) is 3.07. The molecular formula is C24H31FO6. The number of fused-ring (bicyclic) bond motifs is 5. The average molecular weight is 435 g/mol. The Labute approximate surface area is 181 Å². The summed E-state index contributed by atoms with van der Waals surface area (Å²) in [5, 5.41) is 22.8. The Morgan fingerprint density at radius 2 is 2.03 bits per heavy atom. The van der Waals surface area contributed by atoms with Crippen molar-refractivity contribution in [3.63, 3.8) is 0 Å². The highest BCUT2D eigenvalue weighted by atomic mass is 19.1. The van der Waals surface area contributed by atoms with Crippen LogP contribution in [-0.2, 0) is 19.1 Å². The van der Waals surface area contributed by atoms with Gasteiger partial charge >= 0.3 is 5.97 Å². The molecule has 8 atom stereocenters. The number of rotatable bonds is 4. The van der Waals surface area contributed by atoms with Crippen LogP contribution in [0.3, 0.4) is 0 Å². The van der Waals surface area contributed by atoms with E-state index in [2.05, 4.69) is 0 Å². The summed E-state index contributed by atoms with van der Waals surface area (Å²) < 4.78 is 20.3. The Bertz CT molecular complexity index is 879. The Balaban J connectivity index is 1.66. The van der Waals surface area contributed by atoms with Crippen molar-refractivity contribution in [2.75, 3.05) is 6.61 Å². The summed E-state index contributed by atoms with van der Waals surface area (Å²) in [5.74, 6) is -2.04. The highest BCUT2D eigenvalue weighted by molar-refractivity contribution is 6.01. The molecule has 2 N–H and O–H groups in total. The van der Waals surface area contributed by atoms with E-state index in [9.17, 15) is 24.6 Å². The maximum absolute atomic E-state index is 15.3. The topological polar surface area (TPSA) is 101 Å². The number of carbonyl (C=O) groups is 3. The SMILES string of the molecule is CCC(=O)OCC(=O)[C@@]1(O)CC[C@H]2[C@@H]3C[C@H](F)C4=CC(=O)C=C[C@]4(C)[C@H]3[C@@H](O)C[C@@]21C. The molecule has 7 heteroatoms. The van der Waals surface area contributed by atoms with E-state index in [1.54, 1.807) is 19.9 Å². The number of aliphatic hydroxyl groups excluding tert-OH is 1. The van der Waals surface area contributed by atoms with Crippen molar-refractivity contribution in [3.8, 4) is 0 Å². The van der Waals surface area contributed by atoms with Crippen LogP contribution in [0, 0.1) is 28.6 Å². The van der Waals surface area contributed by atoms with Gasteiger partial charge in [-0.05, 0) is 55.2 Å². The lowest BCUT2D eigenvalue weighted by Gasteiger charge is -2.60. The molecule has 4 aliphatic rings. The Kier molecular flexibility index (Phi) is 5.29. The number of allylic oxidation sites excluding steroid dienone is 4. The molecule has 6 nitrogen and oxygen atoms in total. The minimum Gasteiger partial charge on any atom is -0.458 e. The van der Waals surface area contributed by atoms with Crippen LogP contribution in [0.1, 0.15) is 52.9 Å². The third-order valence-electron chi connectivity index (χ3n) is 8.74. The van der Waals surface area contributed by atoms with Gasteiger partial charge in [0.1, 0.15) is 11.8 Å². The number of ketones is 2. The number of hydrogen-bond acceptors (Lipinski definition) is 6. The van der Waals surface area contributed by atoms with Gasteiger partial charge in [0.2, 0.25) is 5.78 Å². The molecular weight excluding hydrogens is 403 g/mol. The van der Waals surface area contributed by atoms with Crippen molar-refractivity contribution >= 4 is 17.5 Å². The Hall–Kier alpha value is -1.86. The van der Waals surface area contributed by atoms with E-state index in [-0.39, 0.29) is 49.2 Å². The maximum atomic E-state index is 15.3. The molecule has 0 heterocycles. The molecule has 0 radical (unpaired) electrons. The molecule has 3 saturated carbocycles. The predicted molar refractivity (Wildman–Crippen MR) is 109 cm³/mol. The zero-order valence-corrected chi connectivity index (χ0v) is 18.3. The van der Waals surface area contributed by atoms with Crippen molar-refractivity contribution in [2.45, 2.75) is 70.8 Å². The average Bonchev–Trinajstić information content (AvgIpc) is 2.98. The monoisotopic (exact) mass is 434 g/mol. The van der Waals surface area contributed by atoms with Gasteiger partial charge in [-0.25, -0.2) is 4.39 Å². The summed E-state index contributed by atoms with van der Waals surface area (Å²) >= 11 is 0. The number of ether oxygens (including phenoxy) is 1. The number of halogens is 1. The zero-order chi connectivity index (χ0) is 22.8. The minimum atomic E-state index is -1.74. The van der Waals surface area contributed by atoms with Gasteiger partial charge in [0, 0.05) is 23.2 Å². The molecule has 3 fully saturated rings. The first kappa shape index (κ1) is 22.3. The molecule has 0 aromatic heterocycles. The number of carbonyl (C=O) groups excluding carboxylic acids is 3. The molecule has 31 heavy (non-hydrogen) atoms. The summed E-state index contributed by atoms with van der Waals surface area (Å²) in [7, 11) is 0. The molecule has 170 valence electrons. The first-order valence-electron chi connectivity index (χ1n) is 11.2. The van der Waals surface area contributed by atoms with Crippen LogP contribution in [0.4, 0.5) is 4.39 Å². The van der Waals surface area contributed by atoms with Crippen LogP contribution in [-0.4, -0.2) is 52.2 Å². The Morgan fingerprint density at radius 1 is 1.32 bits per heavy atom. The fourth-order valence-corrected chi connectivity index (χ4v) is 7.17. The van der Waals surface area contributed by atoms with Gasteiger partial charge < -0.3 is 14.9 Å². The van der Waals surface area contributed by atoms with Gasteiger partial charge in [0.05, 0.1) is 6.10 Å². The lowest BCUT2D eigenvalue weighted by molar-refractivity contribution is -0.183. The maximum Gasteiger partial charge on any atom is 0.305 e. The first-order valence-corrected chi connectivity index (χ1v) is 11.2. The van der Waals surface area contributed by atoms with Crippen molar-refractivity contribution in [3.05, 3.63) is 23.8 Å². The molecule has 0 unspecified atom stereocenters. The Morgan fingerprint density at radius 3 is 2.71 bits per heavy atom. The molecule has 0 aromatic carbocycles. The van der Waals surface area contributed by atoms with Gasteiger partial charge in [-0.1, -0.05) is 26.8 Å². The van der Waals surface area contributed by atoms with Crippen molar-refractivity contribution < 1.29 is 33.7 Å². The van der Waals surface area contributed by atoms with E-state index in [4.69, 9.17) is 4.74 Å². The largest absolute Gasteiger partial charge is 0.458 e. The third-order valence-corrected chi connectivity index (χ3v) is 8.74. The van der Waals surface area contributed by atoms with Crippen LogP contribution in [0.5, 0.6) is 0 Å². The highest BCUT2D eigenvalue weighted by Gasteiger charge is 2.69. The molecule has 0 amide bonds. The van der Waals surface area contributed by atoms with Crippen LogP contribution >= 0.6 is 0 Å². The van der Waals surface area contributed by atoms with Crippen molar-refractivity contribution in [2.24, 2.45) is 28.6 Å². The van der Waals surface area contributed by atoms with E-state index < -0.39 is 47.1 Å². The second-order valence-electron chi connectivity index (χ2n) is 10.1. The predicted octanol–water partition coefficient (Wildman–Crippen LogP) is 2.47. The van der Waals surface area contributed by atoms with Gasteiger partial charge in [0.25, 0.3) is 0 Å². The normalized spacial score (nSPS) is 45.9. The summed E-state index contributed by atoms with van der Waals surface area (Å²) in [4.78, 5) is 36.3. The first-order chi connectivity index (χ1) is 14.5. The number of aliphatic hydroxyl groups is 2. The van der Waals surface area contributed by atoms with Gasteiger partial charge in [-0.15, -0.1) is 0 Å². The van der Waals surface area contributed by atoms with Crippen LogP contribution in [0.15, 0.2) is 23.8 Å². The second-order valence-corrected chi connectivity index (χ2v) is 10.1. The quantitative estimate of drug-likeness (QED) is 0.660. The molecule has 0 spiro atoms. The molecule has 0 aromatic rings. The van der Waals surface area contributed by atoms with Crippen LogP contribution in [0.25, 0.3) is 0 Å². The summed E-state index contributed by atoms with van der Waals surface area (Å²) in [6.45, 7) is 4.79. The summed E-state index contributed by atoms with van der Waals surface area (Å²) in [6.07, 6.45) is 3.52. The summed E-state index contributed by atoms with van der Waals surface area (Å²) in [5.41, 5.74) is -3.05. The van der Waals surface area contributed by atoms with E-state index in [1.807, 2.05) is 6.92 Å². The fraction of sp³-hybridized carbons (Fsp3) is 0.708. The molecule has 0 bridgehead atoms. The van der Waals surface area contributed by atoms with E-state index in [1.165, 1.54) is 12.2 Å². The standard InChI is InChI=1S/C24H31FO6/c1-4-20(29)31-12-19(28)24(30)8-6-15-14-10-17(25)16-9-13(26)5-7-22(16,2)21(14)18(27)11-23(15,24)3/h5,7,9,14-15,17-18,21,27,30H,4,6,8,10-12H2,1-3H3/t14-,15-,17-,18-,21+,22-,23-,24-/m0/s1. The zero-order valence-electron chi connectivity index (χ0n) is 18.3. The van der Waals surface area contributed by atoms with Gasteiger partial charge in [-0.3, -0.25) is 14.4 Å². The summed E-state index contributed by atoms with van der Waals surface area (Å²) in [6, 6.07) is 0. The molecule has 4 rings (SSSR count). The lowest BCUT2D eigenvalue weighted by Crippen LogP contribution is -2.62. The second kappa shape index (κ2) is 7.34. The van der Waals surface area contributed by atoms with Gasteiger partial charge in [0.15, 0.2) is 12.4 Å². The van der Waals surface area contributed by atoms with Crippen molar-refractivity contribution in [1.29, 1.82) is 0 Å². The number of alkyl halides is 1. The number of hydrogen-bond donors (Lipinski definition) is 2. The fourth-order valence-electron chi connectivity index (χ4n) is 7.17. The number of esters is 1. The molecule has 4 aliphatic carbocycles. The highest BCUT2D eigenvalue weighted by Crippen LogP contribution is 2.67. The smallest absolute Gasteiger partial charge is 0.305 e. The number of Topliss-reactive ketones (excluding diaryl/α,β-unsaturated/α-hetero) is 1. The lowest BCUT2D eigenvalue weighted by atomic mass is 9.46. The van der Waals surface area contributed by atoms with E-state index >= 15 is 4.39 Å². The van der Waals surface area contributed by atoms with E-state index in [0.717, 1.165) is 0 Å². The minimum absolute atomic E-state index is 0.135. The van der Waals surface area contributed by atoms with Crippen LogP contribution < -0.4 is 0 Å².